The Balaban J connectivity index is 1.49. The Morgan fingerprint density at radius 1 is 1.12 bits per heavy atom. The van der Waals surface area contributed by atoms with Crippen molar-refractivity contribution in [3.8, 4) is 0 Å². The fraction of sp³-hybridized carbons (Fsp3) is 0.120. The van der Waals surface area contributed by atoms with Crippen molar-refractivity contribution in [1.29, 1.82) is 0 Å². The molecule has 0 aliphatic rings. The second kappa shape index (κ2) is 9.86. The lowest BCUT2D eigenvalue weighted by molar-refractivity contribution is -0.384. The molecule has 0 spiro atoms. The number of hydrogen-bond acceptors (Lipinski definition) is 5. The number of fused-ring (bicyclic) bond motifs is 1. The van der Waals surface area contributed by atoms with Crippen molar-refractivity contribution in [3.63, 3.8) is 0 Å². The summed E-state index contributed by atoms with van der Waals surface area (Å²) in [5.41, 5.74) is 2.96. The van der Waals surface area contributed by atoms with Crippen LogP contribution in [0.15, 0.2) is 77.0 Å². The molecule has 0 unspecified atom stereocenters. The molecule has 9 nitrogen and oxygen atoms in total. The van der Waals surface area contributed by atoms with Gasteiger partial charge in [-0.2, -0.15) is 0 Å². The van der Waals surface area contributed by atoms with E-state index in [2.05, 4.69) is 15.6 Å². The molecule has 4 aromatic rings. The van der Waals surface area contributed by atoms with E-state index < -0.39 is 16.7 Å². The molecule has 172 valence electrons. The number of amides is 2. The molecule has 2 aromatic carbocycles. The molecule has 0 saturated carbocycles. The van der Waals surface area contributed by atoms with Crippen LogP contribution in [0, 0.1) is 17.0 Å². The van der Waals surface area contributed by atoms with Crippen LogP contribution in [-0.2, 0) is 11.2 Å². The summed E-state index contributed by atoms with van der Waals surface area (Å²) in [6.45, 7) is 2.32. The van der Waals surface area contributed by atoms with Crippen molar-refractivity contribution in [1.82, 2.24) is 15.6 Å². The summed E-state index contributed by atoms with van der Waals surface area (Å²) in [7, 11) is 0. The molecular weight excluding hydrogens is 436 g/mol. The molecule has 0 bridgehead atoms. The highest BCUT2D eigenvalue weighted by Gasteiger charge is 2.17. The lowest BCUT2D eigenvalue weighted by Crippen LogP contribution is -2.35. The van der Waals surface area contributed by atoms with E-state index >= 15 is 0 Å². The van der Waals surface area contributed by atoms with E-state index in [1.807, 2.05) is 31.2 Å². The molecule has 0 aliphatic heterocycles. The van der Waals surface area contributed by atoms with Crippen LogP contribution in [0.4, 0.5) is 5.69 Å². The molecule has 4 rings (SSSR count). The van der Waals surface area contributed by atoms with Crippen LogP contribution in [-0.4, -0.2) is 28.3 Å². The van der Waals surface area contributed by atoms with Crippen molar-refractivity contribution in [3.05, 3.63) is 105 Å². The zero-order chi connectivity index (χ0) is 24.1. The zero-order valence-corrected chi connectivity index (χ0v) is 18.3. The maximum absolute atomic E-state index is 12.9. The first-order chi connectivity index (χ1) is 16.4. The minimum absolute atomic E-state index is 0.0397. The third-order valence-corrected chi connectivity index (χ3v) is 5.33. The van der Waals surface area contributed by atoms with Gasteiger partial charge >= 0.3 is 0 Å². The number of nitro benzene ring substituents is 1. The molecule has 0 radical (unpaired) electrons. The van der Waals surface area contributed by atoms with Gasteiger partial charge in [-0.3, -0.25) is 19.7 Å². The number of aromatic nitrogens is 1. The van der Waals surface area contributed by atoms with Gasteiger partial charge in [0.25, 0.3) is 17.5 Å². The number of carbonyl (C=O) groups excluding carboxylic acids is 2. The average Bonchev–Trinajstić information content (AvgIpc) is 3.46. The first-order valence-electron chi connectivity index (χ1n) is 10.6. The third kappa shape index (κ3) is 5.04. The quantitative estimate of drug-likeness (QED) is 0.208. The number of aromatic amines is 1. The first-order valence-corrected chi connectivity index (χ1v) is 10.6. The van der Waals surface area contributed by atoms with Crippen LogP contribution >= 0.6 is 0 Å². The standard InChI is InChI=1S/C25H22N4O5/c1-16-20(21-9-2-3-10-22(21)27-16)11-12-26-25(31)23(15-19-8-5-13-34-19)28-24(30)17-6-4-7-18(14-17)29(32)33/h2-10,13-15,27H,11-12H2,1H3,(H,26,31)(H,28,30)/b23-15-. The van der Waals surface area contributed by atoms with Gasteiger partial charge in [0.1, 0.15) is 11.5 Å². The number of aryl methyl sites for hydroxylation is 1. The van der Waals surface area contributed by atoms with E-state index in [9.17, 15) is 19.7 Å². The number of carbonyl (C=O) groups is 2. The molecule has 0 saturated heterocycles. The van der Waals surface area contributed by atoms with Gasteiger partial charge in [-0.25, -0.2) is 0 Å². The summed E-state index contributed by atoms with van der Waals surface area (Å²) < 4.78 is 5.28. The molecule has 2 heterocycles. The van der Waals surface area contributed by atoms with Crippen LogP contribution < -0.4 is 10.6 Å². The van der Waals surface area contributed by atoms with Gasteiger partial charge in [-0.1, -0.05) is 24.3 Å². The maximum Gasteiger partial charge on any atom is 0.270 e. The Morgan fingerprint density at radius 3 is 2.71 bits per heavy atom. The van der Waals surface area contributed by atoms with Crippen LogP contribution in [0.5, 0.6) is 0 Å². The van der Waals surface area contributed by atoms with Crippen molar-refractivity contribution >= 4 is 34.5 Å². The zero-order valence-electron chi connectivity index (χ0n) is 18.3. The van der Waals surface area contributed by atoms with Crippen LogP contribution in [0.25, 0.3) is 17.0 Å². The predicted octanol–water partition coefficient (Wildman–Crippen LogP) is 4.11. The highest BCUT2D eigenvalue weighted by atomic mass is 16.6. The number of hydrogen-bond donors (Lipinski definition) is 3. The highest BCUT2D eigenvalue weighted by Crippen LogP contribution is 2.22. The summed E-state index contributed by atoms with van der Waals surface area (Å²) in [5, 5.41) is 17.5. The average molecular weight is 458 g/mol. The summed E-state index contributed by atoms with van der Waals surface area (Å²) in [6, 6.07) is 16.5. The van der Waals surface area contributed by atoms with Gasteiger partial charge in [0.15, 0.2) is 0 Å². The number of furan rings is 1. The van der Waals surface area contributed by atoms with Gasteiger partial charge < -0.3 is 20.0 Å². The van der Waals surface area contributed by atoms with Crippen LogP contribution in [0.3, 0.4) is 0 Å². The summed E-state index contributed by atoms with van der Waals surface area (Å²) >= 11 is 0. The normalized spacial score (nSPS) is 11.4. The number of benzene rings is 2. The summed E-state index contributed by atoms with van der Waals surface area (Å²) in [5.74, 6) is -0.784. The van der Waals surface area contributed by atoms with Gasteiger partial charge in [0.2, 0.25) is 0 Å². The number of para-hydroxylation sites is 1. The minimum atomic E-state index is -0.649. The fourth-order valence-electron chi connectivity index (χ4n) is 3.68. The molecule has 9 heteroatoms. The molecule has 2 aromatic heterocycles. The van der Waals surface area contributed by atoms with Gasteiger partial charge in [0, 0.05) is 46.9 Å². The van der Waals surface area contributed by atoms with E-state index in [-0.39, 0.29) is 16.9 Å². The first kappa shape index (κ1) is 22.5. The molecular formula is C25H22N4O5. The number of H-pyrrole nitrogens is 1. The maximum atomic E-state index is 12.9. The number of nitrogens with one attached hydrogen (secondary N) is 3. The van der Waals surface area contributed by atoms with E-state index in [0.29, 0.717) is 18.7 Å². The predicted molar refractivity (Wildman–Crippen MR) is 127 cm³/mol. The topological polar surface area (TPSA) is 130 Å². The monoisotopic (exact) mass is 458 g/mol. The Labute approximate surface area is 194 Å². The van der Waals surface area contributed by atoms with Crippen molar-refractivity contribution in [2.24, 2.45) is 0 Å². The summed E-state index contributed by atoms with van der Waals surface area (Å²) in [4.78, 5) is 39.4. The van der Waals surface area contributed by atoms with E-state index in [1.165, 1.54) is 30.5 Å². The van der Waals surface area contributed by atoms with Crippen LogP contribution in [0.1, 0.15) is 27.4 Å². The minimum Gasteiger partial charge on any atom is -0.465 e. The molecule has 2 amide bonds. The molecule has 0 fully saturated rings. The lowest BCUT2D eigenvalue weighted by atomic mass is 10.1. The van der Waals surface area contributed by atoms with Gasteiger partial charge in [-0.15, -0.1) is 0 Å². The van der Waals surface area contributed by atoms with Gasteiger partial charge in [0.05, 0.1) is 11.2 Å². The molecule has 3 N–H and O–H groups in total. The summed E-state index contributed by atoms with van der Waals surface area (Å²) in [6.07, 6.45) is 3.44. The molecule has 0 atom stereocenters. The molecule has 0 aliphatic carbocycles. The smallest absolute Gasteiger partial charge is 0.270 e. The Morgan fingerprint density at radius 2 is 1.94 bits per heavy atom. The fourth-order valence-corrected chi connectivity index (χ4v) is 3.68. The number of nitro groups is 1. The second-order valence-electron chi connectivity index (χ2n) is 7.62. The largest absolute Gasteiger partial charge is 0.465 e. The number of non-ortho nitro benzene ring substituents is 1. The highest BCUT2D eigenvalue weighted by molar-refractivity contribution is 6.05. The van der Waals surface area contributed by atoms with Crippen molar-refractivity contribution in [2.45, 2.75) is 13.3 Å². The van der Waals surface area contributed by atoms with Crippen molar-refractivity contribution in [2.75, 3.05) is 6.54 Å². The Hall–Kier alpha value is -4.66. The SMILES string of the molecule is Cc1[nH]c2ccccc2c1CCNC(=O)/C(=C/c1ccco1)NC(=O)c1cccc([N+](=O)[O-])c1. The van der Waals surface area contributed by atoms with Crippen molar-refractivity contribution < 1.29 is 18.9 Å². The van der Waals surface area contributed by atoms with E-state index in [0.717, 1.165) is 28.2 Å². The van der Waals surface area contributed by atoms with E-state index in [4.69, 9.17) is 4.42 Å². The number of rotatable bonds is 8. The number of nitrogens with zero attached hydrogens (tertiary/aromatic N) is 1. The Kier molecular flexibility index (Phi) is 6.54. The second-order valence-corrected chi connectivity index (χ2v) is 7.62. The Bertz CT molecular complexity index is 1390. The lowest BCUT2D eigenvalue weighted by Gasteiger charge is -2.11. The third-order valence-electron chi connectivity index (χ3n) is 5.33. The van der Waals surface area contributed by atoms with Crippen LogP contribution in [0.2, 0.25) is 0 Å². The molecule has 34 heavy (non-hydrogen) atoms. The van der Waals surface area contributed by atoms with E-state index in [1.54, 1.807) is 12.1 Å². The van der Waals surface area contributed by atoms with Gasteiger partial charge in [-0.05, 0) is 43.2 Å².